The van der Waals surface area contributed by atoms with Crippen LogP contribution in [0.15, 0.2) is 42.5 Å². The third kappa shape index (κ3) is 4.54. The first-order valence-electron chi connectivity index (χ1n) is 11.6. The zero-order valence-corrected chi connectivity index (χ0v) is 18.8. The van der Waals surface area contributed by atoms with Gasteiger partial charge in [0, 0.05) is 50.6 Å². The van der Waals surface area contributed by atoms with Gasteiger partial charge in [0.1, 0.15) is 5.75 Å². The van der Waals surface area contributed by atoms with E-state index in [0.29, 0.717) is 6.42 Å². The quantitative estimate of drug-likeness (QED) is 0.797. The molecule has 0 saturated carbocycles. The molecule has 2 saturated heterocycles. The fourth-order valence-corrected chi connectivity index (χ4v) is 4.67. The number of benzene rings is 2. The molecule has 1 unspecified atom stereocenters. The highest BCUT2D eigenvalue weighted by Crippen LogP contribution is 2.38. The molecule has 2 fully saturated rings. The number of fused-ring (bicyclic) bond motifs is 1. The van der Waals surface area contributed by atoms with Crippen molar-refractivity contribution in [2.45, 2.75) is 18.9 Å². The molecule has 32 heavy (non-hydrogen) atoms. The summed E-state index contributed by atoms with van der Waals surface area (Å²) in [6.45, 7) is 7.34. The maximum atomic E-state index is 13.0. The van der Waals surface area contributed by atoms with Gasteiger partial charge in [-0.2, -0.15) is 0 Å². The fraction of sp³-hybridized carbons (Fsp3) is 0.480. The average molecular weight is 436 g/mol. The van der Waals surface area contributed by atoms with Crippen molar-refractivity contribution in [3.63, 3.8) is 0 Å². The summed E-state index contributed by atoms with van der Waals surface area (Å²) in [7, 11) is 2.15. The van der Waals surface area contributed by atoms with Gasteiger partial charge in [-0.05, 0) is 55.8 Å². The van der Waals surface area contributed by atoms with Gasteiger partial charge in [0.2, 0.25) is 0 Å². The molecule has 5 rings (SSSR count). The summed E-state index contributed by atoms with van der Waals surface area (Å²) >= 11 is 0. The number of para-hydroxylation sites is 1. The van der Waals surface area contributed by atoms with Gasteiger partial charge in [-0.1, -0.05) is 12.1 Å². The number of nitrogens with zero attached hydrogens (tertiary/aromatic N) is 3. The number of likely N-dealkylation sites (N-methyl/N-ethyl adjacent to an activating group) is 1. The Hall–Kier alpha value is -2.77. The van der Waals surface area contributed by atoms with Crippen LogP contribution < -0.4 is 19.9 Å². The highest BCUT2D eigenvalue weighted by atomic mass is 16.5. The predicted molar refractivity (Wildman–Crippen MR) is 127 cm³/mol. The lowest BCUT2D eigenvalue weighted by atomic mass is 10.00. The maximum absolute atomic E-state index is 13.0. The van der Waals surface area contributed by atoms with Crippen LogP contribution in [0.2, 0.25) is 0 Å². The van der Waals surface area contributed by atoms with E-state index in [4.69, 9.17) is 9.47 Å². The molecule has 0 spiro atoms. The highest BCUT2D eigenvalue weighted by molar-refractivity contribution is 5.95. The van der Waals surface area contributed by atoms with E-state index in [1.54, 1.807) is 0 Å². The summed E-state index contributed by atoms with van der Waals surface area (Å²) in [6, 6.07) is 14.4. The van der Waals surface area contributed by atoms with E-state index in [9.17, 15) is 4.79 Å². The predicted octanol–water partition coefficient (Wildman–Crippen LogP) is 2.61. The van der Waals surface area contributed by atoms with Gasteiger partial charge in [0.25, 0.3) is 5.91 Å². The zero-order chi connectivity index (χ0) is 21.9. The number of rotatable bonds is 4. The monoisotopic (exact) mass is 435 g/mol. The summed E-state index contributed by atoms with van der Waals surface area (Å²) in [4.78, 5) is 20.0. The number of aryl methyl sites for hydroxylation is 1. The summed E-state index contributed by atoms with van der Waals surface area (Å²) in [6.07, 6.45) is 1.07. The smallest absolute Gasteiger partial charge is 0.265 e. The molecular formula is C25H32N4O3. The topological polar surface area (TPSA) is 57.3 Å². The Morgan fingerprint density at radius 1 is 0.938 bits per heavy atom. The Balaban J connectivity index is 1.25. The number of morpholine rings is 1. The van der Waals surface area contributed by atoms with E-state index >= 15 is 0 Å². The van der Waals surface area contributed by atoms with Crippen molar-refractivity contribution in [1.29, 1.82) is 0 Å². The Labute approximate surface area is 189 Å². The number of piperazine rings is 1. The molecule has 1 N–H and O–H groups in total. The molecule has 1 atom stereocenters. The lowest BCUT2D eigenvalue weighted by molar-refractivity contribution is -0.123. The van der Waals surface area contributed by atoms with Gasteiger partial charge in [-0.25, -0.2) is 0 Å². The number of amides is 1. The molecule has 1 amide bonds. The molecule has 0 bridgehead atoms. The third-order valence-corrected chi connectivity index (χ3v) is 6.66. The highest BCUT2D eigenvalue weighted by Gasteiger charge is 2.29. The molecule has 0 radical (unpaired) electrons. The van der Waals surface area contributed by atoms with Crippen molar-refractivity contribution < 1.29 is 14.3 Å². The number of anilines is 3. The van der Waals surface area contributed by atoms with E-state index < -0.39 is 6.10 Å². The van der Waals surface area contributed by atoms with Crippen LogP contribution in [0.5, 0.6) is 5.75 Å². The minimum Gasteiger partial charge on any atom is -0.478 e. The zero-order valence-electron chi connectivity index (χ0n) is 18.8. The molecule has 2 aromatic carbocycles. The van der Waals surface area contributed by atoms with Gasteiger partial charge in [-0.3, -0.25) is 4.79 Å². The van der Waals surface area contributed by atoms with Crippen molar-refractivity contribution in [2.75, 3.05) is 74.6 Å². The van der Waals surface area contributed by atoms with E-state index in [1.165, 1.54) is 5.56 Å². The first-order valence-corrected chi connectivity index (χ1v) is 11.6. The van der Waals surface area contributed by atoms with Gasteiger partial charge in [0.05, 0.1) is 18.9 Å². The van der Waals surface area contributed by atoms with Gasteiger partial charge in [-0.15, -0.1) is 0 Å². The lowest BCUT2D eigenvalue weighted by Gasteiger charge is -2.36. The Bertz CT molecular complexity index is 935. The van der Waals surface area contributed by atoms with Gasteiger partial charge >= 0.3 is 0 Å². The third-order valence-electron chi connectivity index (χ3n) is 6.66. The number of carbonyl (C=O) groups is 1. The van der Waals surface area contributed by atoms with Crippen LogP contribution in [0.4, 0.5) is 17.1 Å². The largest absolute Gasteiger partial charge is 0.478 e. The standard InChI is InChI=1S/C25H32N4O3/c1-27-11-13-29(14-12-27)22-4-2-3-19-5-10-23(32-24(19)22)25(30)26-20-6-8-21(9-7-20)28-15-17-31-18-16-28/h2-4,6-9,23H,5,10-18H2,1H3,(H,26,30)/i1-1. The fourth-order valence-electron chi connectivity index (χ4n) is 4.67. The van der Waals surface area contributed by atoms with E-state index in [0.717, 1.165) is 81.7 Å². The lowest BCUT2D eigenvalue weighted by Crippen LogP contribution is -2.45. The van der Waals surface area contributed by atoms with Crippen molar-refractivity contribution in [1.82, 2.24) is 4.90 Å². The Morgan fingerprint density at radius 3 is 2.44 bits per heavy atom. The molecule has 3 aliphatic rings. The van der Waals surface area contributed by atoms with Crippen molar-refractivity contribution in [3.8, 4) is 5.75 Å². The summed E-state index contributed by atoms with van der Waals surface area (Å²) in [5, 5.41) is 3.05. The van der Waals surface area contributed by atoms with Crippen LogP contribution in [-0.4, -0.2) is 76.4 Å². The van der Waals surface area contributed by atoms with E-state index in [1.807, 2.05) is 12.1 Å². The maximum Gasteiger partial charge on any atom is 0.265 e. The second-order valence-electron chi connectivity index (χ2n) is 8.84. The minimum atomic E-state index is -0.477. The molecule has 3 heterocycles. The SMILES string of the molecule is [11CH3]N1CCN(c2cccc3c2OC(C(=O)Nc2ccc(N4CCOCC4)cc2)CC3)CC1. The minimum absolute atomic E-state index is 0.0806. The van der Waals surface area contributed by atoms with Crippen LogP contribution in [0.25, 0.3) is 0 Å². The van der Waals surface area contributed by atoms with Gasteiger partial charge < -0.3 is 29.5 Å². The van der Waals surface area contributed by atoms with Crippen LogP contribution in [0.1, 0.15) is 12.0 Å². The van der Waals surface area contributed by atoms with Crippen molar-refractivity contribution in [3.05, 3.63) is 48.0 Å². The van der Waals surface area contributed by atoms with E-state index in [-0.39, 0.29) is 5.91 Å². The normalized spacial score (nSPS) is 21.6. The van der Waals surface area contributed by atoms with Gasteiger partial charge in [0.15, 0.2) is 6.10 Å². The summed E-state index contributed by atoms with van der Waals surface area (Å²) in [5.74, 6) is 0.800. The Kier molecular flexibility index (Phi) is 6.19. The molecule has 3 aliphatic heterocycles. The number of nitrogens with one attached hydrogen (secondary N) is 1. The summed E-state index contributed by atoms with van der Waals surface area (Å²) < 4.78 is 11.7. The number of ether oxygens (including phenoxy) is 2. The first kappa shape index (κ1) is 21.1. The number of hydrogen-bond donors (Lipinski definition) is 1. The Morgan fingerprint density at radius 2 is 1.69 bits per heavy atom. The molecule has 7 heteroatoms. The van der Waals surface area contributed by atoms with Crippen molar-refractivity contribution >= 4 is 23.0 Å². The van der Waals surface area contributed by atoms with Crippen LogP contribution in [0.3, 0.4) is 0 Å². The molecule has 0 aromatic heterocycles. The second kappa shape index (κ2) is 9.38. The van der Waals surface area contributed by atoms with E-state index in [2.05, 4.69) is 57.4 Å². The molecule has 2 aromatic rings. The number of carbonyl (C=O) groups excluding carboxylic acids is 1. The molecule has 0 aliphatic carbocycles. The molecular weight excluding hydrogens is 403 g/mol. The van der Waals surface area contributed by atoms with Crippen LogP contribution in [-0.2, 0) is 16.0 Å². The summed E-state index contributed by atoms with van der Waals surface area (Å²) in [5.41, 5.74) is 4.27. The number of hydrogen-bond acceptors (Lipinski definition) is 6. The molecule has 170 valence electrons. The molecule has 7 nitrogen and oxygen atoms in total. The van der Waals surface area contributed by atoms with Crippen molar-refractivity contribution in [2.24, 2.45) is 0 Å². The van der Waals surface area contributed by atoms with Crippen LogP contribution >= 0.6 is 0 Å². The second-order valence-corrected chi connectivity index (χ2v) is 8.84. The first-order chi connectivity index (χ1) is 15.7. The van der Waals surface area contributed by atoms with Crippen LogP contribution in [0, 0.1) is 0 Å². The average Bonchev–Trinajstić information content (AvgIpc) is 2.85.